The lowest BCUT2D eigenvalue weighted by molar-refractivity contribution is -0.143. The number of rotatable bonds is 11. The van der Waals surface area contributed by atoms with Crippen LogP contribution in [0.1, 0.15) is 79.1 Å². The number of furan rings is 1. The van der Waals surface area contributed by atoms with Gasteiger partial charge in [-0.2, -0.15) is 0 Å². The Kier molecular flexibility index (Phi) is 10.8. The van der Waals surface area contributed by atoms with E-state index in [1.165, 1.54) is 0 Å². The molecule has 2 heterocycles. The zero-order valence-corrected chi connectivity index (χ0v) is 25.4. The molecule has 226 valence electrons. The molecule has 3 amide bonds. The van der Waals surface area contributed by atoms with Crippen LogP contribution < -0.4 is 10.6 Å². The molecule has 1 aromatic carbocycles. The second kappa shape index (κ2) is 13.9. The third-order valence-electron chi connectivity index (χ3n) is 7.10. The smallest absolute Gasteiger partial charge is 0.408 e. The first-order valence-corrected chi connectivity index (χ1v) is 14.6. The fraction of sp³-hybridized carbons (Fsp3) is 0.613. The summed E-state index contributed by atoms with van der Waals surface area (Å²) in [5.74, 6) is -0.324. The van der Waals surface area contributed by atoms with E-state index in [-0.39, 0.29) is 30.3 Å². The number of amides is 3. The van der Waals surface area contributed by atoms with Crippen molar-refractivity contribution in [2.45, 2.75) is 104 Å². The molecular formula is C31H45N3O7. The monoisotopic (exact) mass is 571 g/mol. The lowest BCUT2D eigenvalue weighted by atomic mass is 9.97. The van der Waals surface area contributed by atoms with Crippen LogP contribution in [0.15, 0.2) is 28.7 Å². The molecule has 0 unspecified atom stereocenters. The summed E-state index contributed by atoms with van der Waals surface area (Å²) in [6.45, 7) is 13.3. The van der Waals surface area contributed by atoms with Crippen LogP contribution in [0.2, 0.25) is 0 Å². The van der Waals surface area contributed by atoms with Gasteiger partial charge in [-0.05, 0) is 65.9 Å². The number of para-hydroxylation sites is 1. The molecule has 1 fully saturated rings. The van der Waals surface area contributed by atoms with E-state index in [1.807, 2.05) is 43.0 Å². The van der Waals surface area contributed by atoms with Gasteiger partial charge in [-0.25, -0.2) is 4.79 Å². The summed E-state index contributed by atoms with van der Waals surface area (Å²) >= 11 is 0. The quantitative estimate of drug-likeness (QED) is 0.380. The highest BCUT2D eigenvalue weighted by atomic mass is 16.6. The van der Waals surface area contributed by atoms with Gasteiger partial charge in [0.1, 0.15) is 29.0 Å². The summed E-state index contributed by atoms with van der Waals surface area (Å²) in [5, 5.41) is 6.37. The minimum absolute atomic E-state index is 0.0830. The van der Waals surface area contributed by atoms with Crippen LogP contribution in [0.25, 0.3) is 11.0 Å². The van der Waals surface area contributed by atoms with Crippen molar-refractivity contribution in [2.75, 3.05) is 13.2 Å². The van der Waals surface area contributed by atoms with Crippen molar-refractivity contribution in [3.8, 4) is 0 Å². The number of fused-ring (bicyclic) bond motifs is 1. The van der Waals surface area contributed by atoms with E-state index in [4.69, 9.17) is 13.9 Å². The van der Waals surface area contributed by atoms with E-state index in [9.17, 15) is 19.2 Å². The Balaban J connectivity index is 1.74. The Morgan fingerprint density at radius 1 is 1.10 bits per heavy atom. The summed E-state index contributed by atoms with van der Waals surface area (Å²) < 4.78 is 16.5. The number of aryl methyl sites for hydroxylation is 1. The van der Waals surface area contributed by atoms with Gasteiger partial charge in [0, 0.05) is 30.0 Å². The van der Waals surface area contributed by atoms with Crippen LogP contribution in [0, 0.1) is 5.92 Å². The molecule has 10 heteroatoms. The van der Waals surface area contributed by atoms with Gasteiger partial charge in [0.2, 0.25) is 11.8 Å². The van der Waals surface area contributed by atoms with Crippen LogP contribution in [-0.4, -0.2) is 65.7 Å². The first-order valence-electron chi connectivity index (χ1n) is 14.6. The molecule has 0 radical (unpaired) electrons. The Hall–Kier alpha value is -3.56. The summed E-state index contributed by atoms with van der Waals surface area (Å²) in [6, 6.07) is 6.04. The van der Waals surface area contributed by atoms with Gasteiger partial charge < -0.3 is 29.4 Å². The zero-order chi connectivity index (χ0) is 30.3. The van der Waals surface area contributed by atoms with Gasteiger partial charge in [0.05, 0.1) is 13.0 Å². The van der Waals surface area contributed by atoms with Crippen LogP contribution in [0.3, 0.4) is 0 Å². The first-order chi connectivity index (χ1) is 19.3. The minimum atomic E-state index is -0.882. The van der Waals surface area contributed by atoms with Crippen molar-refractivity contribution in [2.24, 2.45) is 5.92 Å². The molecule has 41 heavy (non-hydrogen) atoms. The number of benzene rings is 1. The van der Waals surface area contributed by atoms with Crippen molar-refractivity contribution in [1.82, 2.24) is 15.5 Å². The van der Waals surface area contributed by atoms with Gasteiger partial charge in [-0.1, -0.05) is 32.0 Å². The van der Waals surface area contributed by atoms with Gasteiger partial charge >= 0.3 is 12.1 Å². The molecule has 0 spiro atoms. The van der Waals surface area contributed by atoms with E-state index in [0.29, 0.717) is 26.0 Å². The Labute approximate surface area is 242 Å². The number of nitrogens with one attached hydrogen (secondary N) is 2. The minimum Gasteiger partial charge on any atom is -0.466 e. The fourth-order valence-corrected chi connectivity index (χ4v) is 5.12. The van der Waals surface area contributed by atoms with Crippen molar-refractivity contribution in [3.05, 3.63) is 35.6 Å². The van der Waals surface area contributed by atoms with E-state index in [0.717, 1.165) is 35.1 Å². The van der Waals surface area contributed by atoms with Gasteiger partial charge in [0.15, 0.2) is 0 Å². The average Bonchev–Trinajstić information content (AvgIpc) is 3.49. The Morgan fingerprint density at radius 2 is 1.80 bits per heavy atom. The first kappa shape index (κ1) is 32.0. The van der Waals surface area contributed by atoms with E-state index in [2.05, 4.69) is 10.6 Å². The molecule has 10 nitrogen and oxygen atoms in total. The summed E-state index contributed by atoms with van der Waals surface area (Å²) in [4.78, 5) is 52.9. The molecule has 1 aromatic heterocycles. The normalized spacial score (nSPS) is 16.9. The Morgan fingerprint density at radius 3 is 2.46 bits per heavy atom. The number of carbonyl (C=O) groups excluding carboxylic acids is 4. The van der Waals surface area contributed by atoms with Crippen LogP contribution in [-0.2, 0) is 36.7 Å². The SMILES string of the molecule is CCOC(=O)CCc1oc2ccccc2c1C[C@@H]1CCCN1C(=O)[C@@H](NC(=O)[C@H](C)NC(=O)OC(C)(C)C)C(C)C. The number of carbonyl (C=O) groups is 4. The van der Waals surface area contributed by atoms with Crippen LogP contribution in [0.4, 0.5) is 4.79 Å². The largest absolute Gasteiger partial charge is 0.466 e. The number of nitrogens with zero attached hydrogens (tertiary/aromatic N) is 1. The third-order valence-corrected chi connectivity index (χ3v) is 7.10. The standard InChI is InChI=1S/C31H45N3O7/c1-8-39-26(35)16-15-25-23(22-13-9-10-14-24(22)40-25)18-21-12-11-17-34(21)29(37)27(19(2)3)33-28(36)20(4)32-30(38)41-31(5,6)7/h9-10,13-14,19-21,27H,8,11-12,15-18H2,1-7H3,(H,32,38)(H,33,36)/t20-,21-,27-/m0/s1. The summed E-state index contributed by atoms with van der Waals surface area (Å²) in [5.41, 5.74) is 1.05. The van der Waals surface area contributed by atoms with Crippen LogP contribution >= 0.6 is 0 Å². The van der Waals surface area contributed by atoms with Crippen molar-refractivity contribution >= 4 is 34.8 Å². The second-order valence-electron chi connectivity index (χ2n) is 11.9. The summed E-state index contributed by atoms with van der Waals surface area (Å²) in [6.07, 6.45) is 2.17. The lowest BCUT2D eigenvalue weighted by Gasteiger charge is -2.32. The number of esters is 1. The van der Waals surface area contributed by atoms with Crippen molar-refractivity contribution < 1.29 is 33.1 Å². The zero-order valence-electron chi connectivity index (χ0n) is 25.4. The van der Waals surface area contributed by atoms with E-state index >= 15 is 0 Å². The number of hydrogen-bond donors (Lipinski definition) is 2. The second-order valence-corrected chi connectivity index (χ2v) is 11.9. The molecule has 0 aliphatic carbocycles. The molecule has 2 N–H and O–H groups in total. The maximum absolute atomic E-state index is 13.8. The maximum Gasteiger partial charge on any atom is 0.408 e. The van der Waals surface area contributed by atoms with E-state index < -0.39 is 29.7 Å². The van der Waals surface area contributed by atoms with Gasteiger partial charge in [-0.3, -0.25) is 14.4 Å². The molecule has 1 saturated heterocycles. The lowest BCUT2D eigenvalue weighted by Crippen LogP contribution is -2.56. The topological polar surface area (TPSA) is 127 Å². The molecule has 0 saturated carbocycles. The third kappa shape index (κ3) is 8.71. The highest BCUT2D eigenvalue weighted by Gasteiger charge is 2.37. The molecule has 2 aromatic rings. The molecule has 0 bridgehead atoms. The average molecular weight is 572 g/mol. The molecule has 3 atom stereocenters. The molecule has 1 aliphatic heterocycles. The summed E-state index contributed by atoms with van der Waals surface area (Å²) in [7, 11) is 0. The predicted molar refractivity (Wildman–Crippen MR) is 155 cm³/mol. The predicted octanol–water partition coefficient (Wildman–Crippen LogP) is 4.52. The Bertz CT molecular complexity index is 1230. The van der Waals surface area contributed by atoms with Gasteiger partial charge in [-0.15, -0.1) is 0 Å². The van der Waals surface area contributed by atoms with Crippen LogP contribution in [0.5, 0.6) is 0 Å². The maximum atomic E-state index is 13.8. The van der Waals surface area contributed by atoms with Crippen molar-refractivity contribution in [1.29, 1.82) is 0 Å². The number of likely N-dealkylation sites (tertiary alicyclic amines) is 1. The highest BCUT2D eigenvalue weighted by Crippen LogP contribution is 2.32. The van der Waals surface area contributed by atoms with Crippen molar-refractivity contribution in [3.63, 3.8) is 0 Å². The molecule has 1 aliphatic rings. The molecular weight excluding hydrogens is 526 g/mol. The van der Waals surface area contributed by atoms with Gasteiger partial charge in [0.25, 0.3) is 0 Å². The number of ether oxygens (including phenoxy) is 2. The molecule has 3 rings (SSSR count). The highest BCUT2D eigenvalue weighted by molar-refractivity contribution is 5.91. The van der Waals surface area contributed by atoms with E-state index in [1.54, 1.807) is 34.6 Å². The number of hydrogen-bond acceptors (Lipinski definition) is 7. The fourth-order valence-electron chi connectivity index (χ4n) is 5.12. The number of alkyl carbamates (subject to hydrolysis) is 1.